The molecule has 4 heteroatoms. The number of fused-ring (bicyclic) bond motifs is 1. The molecular formula is C15H20O4. The molecule has 0 amide bonds. The molecule has 2 aliphatic carbocycles. The van der Waals surface area contributed by atoms with Gasteiger partial charge in [-0.1, -0.05) is 23.8 Å². The van der Waals surface area contributed by atoms with E-state index in [2.05, 4.69) is 18.2 Å². The second-order valence-electron chi connectivity index (χ2n) is 4.95. The first-order valence-corrected chi connectivity index (χ1v) is 6.84. The zero-order chi connectivity index (χ0) is 13.9. The first kappa shape index (κ1) is 13.8. The molecule has 0 aromatic carbocycles. The van der Waals surface area contributed by atoms with Crippen LogP contribution in [-0.2, 0) is 19.1 Å². The molecule has 0 radical (unpaired) electrons. The first-order chi connectivity index (χ1) is 9.14. The number of esters is 2. The molecular weight excluding hydrogens is 244 g/mol. The van der Waals surface area contributed by atoms with Gasteiger partial charge in [0.15, 0.2) is 5.41 Å². The van der Waals surface area contributed by atoms with Crippen LogP contribution in [0.15, 0.2) is 23.8 Å². The van der Waals surface area contributed by atoms with E-state index in [0.29, 0.717) is 12.8 Å². The van der Waals surface area contributed by atoms with E-state index in [9.17, 15) is 9.59 Å². The molecule has 0 aromatic rings. The second kappa shape index (κ2) is 5.59. The fourth-order valence-corrected chi connectivity index (χ4v) is 2.87. The van der Waals surface area contributed by atoms with Gasteiger partial charge in [0.25, 0.3) is 0 Å². The highest BCUT2D eigenvalue weighted by molar-refractivity contribution is 6.01. The molecule has 0 saturated heterocycles. The minimum atomic E-state index is -1.14. The fourth-order valence-electron chi connectivity index (χ4n) is 2.87. The molecule has 2 aliphatic rings. The third-order valence-electron chi connectivity index (χ3n) is 3.77. The van der Waals surface area contributed by atoms with Crippen molar-refractivity contribution in [2.45, 2.75) is 33.1 Å². The van der Waals surface area contributed by atoms with E-state index >= 15 is 0 Å². The number of rotatable bonds is 4. The van der Waals surface area contributed by atoms with E-state index in [1.54, 1.807) is 13.8 Å². The maximum atomic E-state index is 12.3. The summed E-state index contributed by atoms with van der Waals surface area (Å²) in [4.78, 5) is 24.5. The van der Waals surface area contributed by atoms with E-state index < -0.39 is 17.4 Å². The molecule has 0 aromatic heterocycles. The van der Waals surface area contributed by atoms with Gasteiger partial charge in [0.1, 0.15) is 0 Å². The molecule has 19 heavy (non-hydrogen) atoms. The predicted molar refractivity (Wildman–Crippen MR) is 70.3 cm³/mol. The lowest BCUT2D eigenvalue weighted by atomic mass is 9.85. The van der Waals surface area contributed by atoms with Crippen LogP contribution >= 0.6 is 0 Å². The van der Waals surface area contributed by atoms with E-state index in [4.69, 9.17) is 9.47 Å². The van der Waals surface area contributed by atoms with E-state index in [1.165, 1.54) is 0 Å². The van der Waals surface area contributed by atoms with Crippen LogP contribution in [0, 0.1) is 11.3 Å². The van der Waals surface area contributed by atoms with Crippen LogP contribution in [0.2, 0.25) is 0 Å². The van der Waals surface area contributed by atoms with Crippen LogP contribution in [0.25, 0.3) is 0 Å². The molecule has 1 saturated carbocycles. The van der Waals surface area contributed by atoms with Crippen molar-refractivity contribution in [3.8, 4) is 0 Å². The summed E-state index contributed by atoms with van der Waals surface area (Å²) < 4.78 is 10.2. The highest BCUT2D eigenvalue weighted by Crippen LogP contribution is 2.49. The minimum Gasteiger partial charge on any atom is -0.465 e. The van der Waals surface area contributed by atoms with Crippen LogP contribution in [0.3, 0.4) is 0 Å². The molecule has 0 heterocycles. The number of carbonyl (C=O) groups excluding carboxylic acids is 2. The van der Waals surface area contributed by atoms with Crippen molar-refractivity contribution in [3.63, 3.8) is 0 Å². The van der Waals surface area contributed by atoms with Crippen LogP contribution < -0.4 is 0 Å². The lowest BCUT2D eigenvalue weighted by Crippen LogP contribution is -2.40. The summed E-state index contributed by atoms with van der Waals surface area (Å²) in [6.45, 7) is 4.05. The van der Waals surface area contributed by atoms with Gasteiger partial charge in [0.05, 0.1) is 13.2 Å². The number of hydrogen-bond acceptors (Lipinski definition) is 4. The van der Waals surface area contributed by atoms with E-state index in [1.807, 2.05) is 0 Å². The third-order valence-corrected chi connectivity index (χ3v) is 3.77. The van der Waals surface area contributed by atoms with Crippen LogP contribution in [0.1, 0.15) is 33.1 Å². The number of ether oxygens (including phenoxy) is 2. The van der Waals surface area contributed by atoms with Crippen molar-refractivity contribution in [2.24, 2.45) is 11.3 Å². The smallest absolute Gasteiger partial charge is 0.323 e. The number of hydrogen-bond donors (Lipinski definition) is 0. The molecule has 0 N–H and O–H groups in total. The number of allylic oxidation sites excluding steroid dienone is 4. The molecule has 104 valence electrons. The molecule has 0 bridgehead atoms. The summed E-state index contributed by atoms with van der Waals surface area (Å²) in [6.07, 6.45) is 8.02. The largest absolute Gasteiger partial charge is 0.465 e. The Morgan fingerprint density at radius 1 is 1.26 bits per heavy atom. The van der Waals surface area contributed by atoms with Gasteiger partial charge in [-0.05, 0) is 39.0 Å². The van der Waals surface area contributed by atoms with Crippen LogP contribution in [-0.4, -0.2) is 25.2 Å². The summed E-state index contributed by atoms with van der Waals surface area (Å²) in [5.74, 6) is -0.725. The Morgan fingerprint density at radius 3 is 2.42 bits per heavy atom. The lowest BCUT2D eigenvalue weighted by Gasteiger charge is -2.23. The Morgan fingerprint density at radius 2 is 1.89 bits per heavy atom. The Labute approximate surface area is 113 Å². The topological polar surface area (TPSA) is 52.6 Å². The van der Waals surface area contributed by atoms with Crippen molar-refractivity contribution in [2.75, 3.05) is 13.2 Å². The summed E-state index contributed by atoms with van der Waals surface area (Å²) in [5, 5.41) is 0. The first-order valence-electron chi connectivity index (χ1n) is 6.84. The Balaban J connectivity index is 2.28. The Bertz CT molecular complexity index is 415. The van der Waals surface area contributed by atoms with E-state index in [-0.39, 0.29) is 19.1 Å². The van der Waals surface area contributed by atoms with Gasteiger partial charge in [0, 0.05) is 0 Å². The molecule has 4 nitrogen and oxygen atoms in total. The number of carbonyl (C=O) groups is 2. The quantitative estimate of drug-likeness (QED) is 0.444. The summed E-state index contributed by atoms with van der Waals surface area (Å²) >= 11 is 0. The Hall–Kier alpha value is -1.58. The van der Waals surface area contributed by atoms with Crippen LogP contribution in [0.4, 0.5) is 0 Å². The summed E-state index contributed by atoms with van der Waals surface area (Å²) in [5.41, 5.74) is 0.0145. The predicted octanol–water partition coefficient (Wildman–Crippen LogP) is 2.40. The van der Waals surface area contributed by atoms with Gasteiger partial charge < -0.3 is 9.47 Å². The fraction of sp³-hybridized carbons (Fsp3) is 0.600. The minimum absolute atomic E-state index is 0.169. The molecule has 0 spiro atoms. The highest BCUT2D eigenvalue weighted by Gasteiger charge is 2.55. The zero-order valence-corrected chi connectivity index (χ0v) is 11.5. The van der Waals surface area contributed by atoms with Gasteiger partial charge in [-0.15, -0.1) is 0 Å². The average molecular weight is 264 g/mol. The Kier molecular flexibility index (Phi) is 4.08. The van der Waals surface area contributed by atoms with Crippen molar-refractivity contribution in [1.29, 1.82) is 0 Å². The van der Waals surface area contributed by atoms with Crippen LogP contribution in [0.5, 0.6) is 0 Å². The van der Waals surface area contributed by atoms with Crippen molar-refractivity contribution in [1.82, 2.24) is 0 Å². The molecule has 1 unspecified atom stereocenters. The van der Waals surface area contributed by atoms with Gasteiger partial charge in [-0.3, -0.25) is 9.59 Å². The van der Waals surface area contributed by atoms with Crippen molar-refractivity contribution < 1.29 is 19.1 Å². The second-order valence-corrected chi connectivity index (χ2v) is 4.95. The average Bonchev–Trinajstić information content (AvgIpc) is 2.80. The molecule has 0 aliphatic heterocycles. The normalized spacial score (nSPS) is 23.5. The van der Waals surface area contributed by atoms with Gasteiger partial charge in [-0.2, -0.15) is 0 Å². The standard InChI is InChI=1S/C15H20O4/c1-3-18-13(16)15(14(17)19-4-2)9-11-7-5-6-8-12(11)10-15/h5,7-8,11H,3-4,6,9-10H2,1-2H3. The molecule has 1 atom stereocenters. The van der Waals surface area contributed by atoms with Crippen molar-refractivity contribution in [3.05, 3.63) is 23.8 Å². The summed E-state index contributed by atoms with van der Waals surface area (Å²) in [7, 11) is 0. The van der Waals surface area contributed by atoms with Gasteiger partial charge in [0.2, 0.25) is 0 Å². The maximum Gasteiger partial charge on any atom is 0.323 e. The lowest BCUT2D eigenvalue weighted by molar-refractivity contribution is -0.171. The highest BCUT2D eigenvalue weighted by atomic mass is 16.6. The molecule has 2 rings (SSSR count). The monoisotopic (exact) mass is 264 g/mol. The van der Waals surface area contributed by atoms with Gasteiger partial charge in [-0.25, -0.2) is 0 Å². The SMILES string of the molecule is CCOC(=O)C1(C(=O)OCC)CC2=CCC=CC2C1. The zero-order valence-electron chi connectivity index (χ0n) is 11.5. The molecule has 1 fully saturated rings. The maximum absolute atomic E-state index is 12.3. The van der Waals surface area contributed by atoms with E-state index in [0.717, 1.165) is 12.0 Å². The third kappa shape index (κ3) is 2.44. The van der Waals surface area contributed by atoms with Gasteiger partial charge >= 0.3 is 11.9 Å². The van der Waals surface area contributed by atoms with Crippen molar-refractivity contribution >= 4 is 11.9 Å². The summed E-state index contributed by atoms with van der Waals surface area (Å²) in [6, 6.07) is 0.